The van der Waals surface area contributed by atoms with E-state index in [0.717, 1.165) is 0 Å². The van der Waals surface area contributed by atoms with Crippen LogP contribution in [0.2, 0.25) is 0 Å². The molecule has 0 rings (SSSR count). The van der Waals surface area contributed by atoms with Crippen LogP contribution < -0.4 is 0 Å². The minimum absolute atomic E-state index is 1.37. The largest absolute Gasteiger partial charge is 0.0654 e. The molecule has 0 aromatic heterocycles. The van der Waals surface area contributed by atoms with Crippen molar-refractivity contribution in [2.75, 3.05) is 0 Å². The molecule has 0 heteroatoms. The maximum absolute atomic E-state index is 2.56. The van der Waals surface area contributed by atoms with Crippen molar-refractivity contribution in [3.05, 3.63) is 6.42 Å². The maximum Gasteiger partial charge on any atom is -0.0386 e. The van der Waals surface area contributed by atoms with E-state index >= 15 is 0 Å². The van der Waals surface area contributed by atoms with Gasteiger partial charge < -0.3 is 0 Å². The average molecular weight is 366 g/mol. The lowest BCUT2D eigenvalue weighted by Gasteiger charge is -2.04. The molecule has 0 bridgehead atoms. The zero-order valence-electron chi connectivity index (χ0n) is 18.8. The molecule has 0 saturated carbocycles. The molecule has 0 nitrogen and oxygen atoms in total. The lowest BCUT2D eigenvalue weighted by molar-refractivity contribution is 0.533. The summed E-state index contributed by atoms with van der Waals surface area (Å²) in [4.78, 5) is 0. The van der Waals surface area contributed by atoms with Gasteiger partial charge in [-0.25, -0.2) is 0 Å². The average Bonchev–Trinajstić information content (AvgIpc) is 2.66. The van der Waals surface area contributed by atoms with E-state index in [1.165, 1.54) is 148 Å². The third-order valence-electron chi connectivity index (χ3n) is 5.77. The Balaban J connectivity index is 2.95. The number of hydrogen-bond donors (Lipinski definition) is 0. The highest BCUT2D eigenvalue weighted by Crippen LogP contribution is 2.15. The molecule has 0 aliphatic heterocycles. The number of rotatable bonds is 23. The Morgan fingerprint density at radius 1 is 0.308 bits per heavy atom. The van der Waals surface area contributed by atoms with Crippen LogP contribution in [0.15, 0.2) is 0 Å². The summed E-state index contributed by atoms with van der Waals surface area (Å²) in [5.74, 6) is 0. The van der Waals surface area contributed by atoms with Crippen LogP contribution in [0.3, 0.4) is 0 Å². The summed E-state index contributed by atoms with van der Waals surface area (Å²) in [5, 5.41) is 0. The van der Waals surface area contributed by atoms with Gasteiger partial charge in [-0.1, -0.05) is 162 Å². The van der Waals surface area contributed by atoms with Crippen LogP contribution in [0, 0.1) is 6.42 Å². The van der Waals surface area contributed by atoms with Gasteiger partial charge in [0.15, 0.2) is 0 Å². The molecule has 0 aromatic carbocycles. The standard InChI is InChI=1S/C26H53/c1-3-5-7-9-11-13-15-17-19-21-23-25-26-24-22-20-18-16-14-12-10-8-6-4-2/h19H,3-18,20-26H2,1-2H3. The lowest BCUT2D eigenvalue weighted by atomic mass is 10.0. The summed E-state index contributed by atoms with van der Waals surface area (Å²) in [6, 6.07) is 0. The van der Waals surface area contributed by atoms with E-state index in [1.54, 1.807) is 0 Å². The molecule has 0 unspecified atom stereocenters. The first kappa shape index (κ1) is 26.0. The van der Waals surface area contributed by atoms with E-state index in [2.05, 4.69) is 20.3 Å². The van der Waals surface area contributed by atoms with Crippen LogP contribution >= 0.6 is 0 Å². The second-order valence-electron chi connectivity index (χ2n) is 8.58. The molecule has 0 saturated heterocycles. The van der Waals surface area contributed by atoms with Gasteiger partial charge >= 0.3 is 0 Å². The maximum atomic E-state index is 2.56. The molecule has 0 aromatic rings. The van der Waals surface area contributed by atoms with Crippen LogP contribution in [-0.4, -0.2) is 0 Å². The van der Waals surface area contributed by atoms with Gasteiger partial charge in [0.1, 0.15) is 0 Å². The zero-order valence-corrected chi connectivity index (χ0v) is 18.8. The number of hydrogen-bond acceptors (Lipinski definition) is 0. The smallest absolute Gasteiger partial charge is 0.0386 e. The molecule has 0 aliphatic rings. The Labute approximate surface area is 168 Å². The summed E-state index contributed by atoms with van der Waals surface area (Å²) in [6.07, 6.45) is 35.9. The monoisotopic (exact) mass is 365 g/mol. The van der Waals surface area contributed by atoms with Gasteiger partial charge in [-0.3, -0.25) is 0 Å². The molecule has 0 heterocycles. The fourth-order valence-corrected chi connectivity index (χ4v) is 3.87. The molecule has 0 fully saturated rings. The Bertz CT molecular complexity index is 196. The minimum atomic E-state index is 1.37. The molecule has 157 valence electrons. The SMILES string of the molecule is CCCCCCCCC[CH]CCCCCCCCCCCCCCCC. The highest BCUT2D eigenvalue weighted by atomic mass is 14.0. The first-order valence-electron chi connectivity index (χ1n) is 12.7. The van der Waals surface area contributed by atoms with Crippen molar-refractivity contribution >= 4 is 0 Å². The van der Waals surface area contributed by atoms with Crippen molar-refractivity contribution in [3.63, 3.8) is 0 Å². The summed E-state index contributed by atoms with van der Waals surface area (Å²) >= 11 is 0. The summed E-state index contributed by atoms with van der Waals surface area (Å²) in [7, 11) is 0. The fourth-order valence-electron chi connectivity index (χ4n) is 3.87. The second-order valence-corrected chi connectivity index (χ2v) is 8.58. The van der Waals surface area contributed by atoms with Gasteiger partial charge in [0.25, 0.3) is 0 Å². The zero-order chi connectivity index (χ0) is 19.0. The predicted molar refractivity (Wildman–Crippen MR) is 122 cm³/mol. The van der Waals surface area contributed by atoms with Gasteiger partial charge in [-0.2, -0.15) is 0 Å². The predicted octanol–water partition coefficient (Wildman–Crippen LogP) is 10.2. The van der Waals surface area contributed by atoms with E-state index in [9.17, 15) is 0 Å². The fraction of sp³-hybridized carbons (Fsp3) is 0.962. The normalized spacial score (nSPS) is 11.3. The molecule has 0 atom stereocenters. The molecule has 1 radical (unpaired) electrons. The molecular formula is C26H53. The number of unbranched alkanes of at least 4 members (excludes halogenated alkanes) is 23. The molecule has 26 heavy (non-hydrogen) atoms. The van der Waals surface area contributed by atoms with Gasteiger partial charge in [0.2, 0.25) is 0 Å². The van der Waals surface area contributed by atoms with Gasteiger partial charge in [-0.15, -0.1) is 0 Å². The second kappa shape index (κ2) is 25.0. The van der Waals surface area contributed by atoms with Crippen molar-refractivity contribution < 1.29 is 0 Å². The van der Waals surface area contributed by atoms with Gasteiger partial charge in [-0.05, 0) is 6.42 Å². The Kier molecular flexibility index (Phi) is 25.0. The third kappa shape index (κ3) is 24.0. The van der Waals surface area contributed by atoms with E-state index in [1.807, 2.05) is 0 Å². The van der Waals surface area contributed by atoms with Crippen LogP contribution in [0.5, 0.6) is 0 Å². The van der Waals surface area contributed by atoms with Crippen LogP contribution in [0.25, 0.3) is 0 Å². The highest BCUT2D eigenvalue weighted by Gasteiger charge is 1.95. The molecule has 0 amide bonds. The highest BCUT2D eigenvalue weighted by molar-refractivity contribution is 4.64. The summed E-state index contributed by atoms with van der Waals surface area (Å²) in [5.41, 5.74) is 0. The van der Waals surface area contributed by atoms with E-state index in [4.69, 9.17) is 0 Å². The van der Waals surface area contributed by atoms with Crippen molar-refractivity contribution in [1.29, 1.82) is 0 Å². The van der Waals surface area contributed by atoms with E-state index in [0.29, 0.717) is 0 Å². The first-order valence-corrected chi connectivity index (χ1v) is 12.7. The quantitative estimate of drug-likeness (QED) is 0.158. The molecule has 0 aliphatic carbocycles. The van der Waals surface area contributed by atoms with Crippen molar-refractivity contribution in [3.8, 4) is 0 Å². The van der Waals surface area contributed by atoms with Gasteiger partial charge in [0.05, 0.1) is 0 Å². The topological polar surface area (TPSA) is 0 Å². The summed E-state index contributed by atoms with van der Waals surface area (Å²) < 4.78 is 0. The van der Waals surface area contributed by atoms with Crippen LogP contribution in [-0.2, 0) is 0 Å². The Morgan fingerprint density at radius 3 is 0.808 bits per heavy atom. The minimum Gasteiger partial charge on any atom is -0.0654 e. The van der Waals surface area contributed by atoms with Crippen molar-refractivity contribution in [1.82, 2.24) is 0 Å². The Morgan fingerprint density at radius 2 is 0.538 bits per heavy atom. The summed E-state index contributed by atoms with van der Waals surface area (Å²) in [6.45, 7) is 4.60. The van der Waals surface area contributed by atoms with Crippen LogP contribution in [0.1, 0.15) is 162 Å². The van der Waals surface area contributed by atoms with Crippen LogP contribution in [0.4, 0.5) is 0 Å². The van der Waals surface area contributed by atoms with Crippen molar-refractivity contribution in [2.45, 2.75) is 162 Å². The molecular weight excluding hydrogens is 312 g/mol. The van der Waals surface area contributed by atoms with E-state index < -0.39 is 0 Å². The lowest BCUT2D eigenvalue weighted by Crippen LogP contribution is -1.85. The Hall–Kier alpha value is 0. The van der Waals surface area contributed by atoms with Gasteiger partial charge in [0, 0.05) is 0 Å². The molecule has 0 N–H and O–H groups in total. The van der Waals surface area contributed by atoms with Crippen molar-refractivity contribution in [2.24, 2.45) is 0 Å². The molecule has 0 spiro atoms. The first-order chi connectivity index (χ1) is 12.9. The third-order valence-corrected chi connectivity index (χ3v) is 5.77. The van der Waals surface area contributed by atoms with E-state index in [-0.39, 0.29) is 0 Å².